The number of nitrogens with one attached hydrogen (secondary N) is 1. The first-order chi connectivity index (χ1) is 13.9. The highest BCUT2D eigenvalue weighted by molar-refractivity contribution is 7.99. The minimum atomic E-state index is -0.568. The second kappa shape index (κ2) is 9.01. The van der Waals surface area contributed by atoms with Crippen molar-refractivity contribution in [3.05, 3.63) is 63.4 Å². The van der Waals surface area contributed by atoms with Crippen molar-refractivity contribution in [3.8, 4) is 11.4 Å². The van der Waals surface area contributed by atoms with E-state index in [1.807, 2.05) is 11.5 Å². The summed E-state index contributed by atoms with van der Waals surface area (Å²) in [4.78, 5) is 22.6. The van der Waals surface area contributed by atoms with Crippen molar-refractivity contribution in [2.45, 2.75) is 18.6 Å². The van der Waals surface area contributed by atoms with E-state index >= 15 is 0 Å². The van der Waals surface area contributed by atoms with E-state index in [1.165, 1.54) is 30.3 Å². The van der Waals surface area contributed by atoms with Crippen LogP contribution >= 0.6 is 23.4 Å². The van der Waals surface area contributed by atoms with Gasteiger partial charge in [-0.05, 0) is 37.3 Å². The fraction of sp³-hybridized carbons (Fsp3) is 0.167. The minimum Gasteiger partial charge on any atom is -0.324 e. The standard InChI is InChI=1S/C18H15ClFN5O3S/c1-2-24-17(11-3-5-12(20)6-4-11)22-23-18(24)29-10-16(26)21-15-9-13(25(27)28)7-8-14(15)19/h3-9H,2,10H2,1H3,(H,21,26). The Morgan fingerprint density at radius 3 is 2.66 bits per heavy atom. The first-order valence-electron chi connectivity index (χ1n) is 8.44. The molecule has 29 heavy (non-hydrogen) atoms. The van der Waals surface area contributed by atoms with E-state index in [0.29, 0.717) is 23.1 Å². The van der Waals surface area contributed by atoms with Crippen molar-refractivity contribution in [3.63, 3.8) is 0 Å². The van der Waals surface area contributed by atoms with Gasteiger partial charge in [-0.25, -0.2) is 4.39 Å². The van der Waals surface area contributed by atoms with E-state index in [0.717, 1.165) is 11.8 Å². The maximum absolute atomic E-state index is 13.1. The van der Waals surface area contributed by atoms with Crippen LogP contribution in [0.25, 0.3) is 11.4 Å². The smallest absolute Gasteiger partial charge is 0.271 e. The molecular formula is C18H15ClFN5O3S. The molecule has 2 aromatic carbocycles. The Labute approximate surface area is 174 Å². The van der Waals surface area contributed by atoms with Crippen LogP contribution in [0.3, 0.4) is 0 Å². The van der Waals surface area contributed by atoms with Crippen molar-refractivity contribution in [1.82, 2.24) is 14.8 Å². The lowest BCUT2D eigenvalue weighted by atomic mass is 10.2. The molecule has 1 N–H and O–H groups in total. The fourth-order valence-electron chi connectivity index (χ4n) is 2.53. The lowest BCUT2D eigenvalue weighted by Crippen LogP contribution is -2.15. The Bertz CT molecular complexity index is 1060. The van der Waals surface area contributed by atoms with Crippen LogP contribution in [0.5, 0.6) is 0 Å². The zero-order valence-corrected chi connectivity index (χ0v) is 16.7. The van der Waals surface area contributed by atoms with Gasteiger partial charge in [-0.3, -0.25) is 14.9 Å². The van der Waals surface area contributed by atoms with Crippen LogP contribution in [0.15, 0.2) is 47.6 Å². The Kier molecular flexibility index (Phi) is 6.45. The number of non-ortho nitro benzene ring substituents is 1. The number of amides is 1. The number of nitro groups is 1. The molecule has 3 rings (SSSR count). The zero-order valence-electron chi connectivity index (χ0n) is 15.1. The highest BCUT2D eigenvalue weighted by atomic mass is 35.5. The van der Waals surface area contributed by atoms with Crippen LogP contribution < -0.4 is 5.32 Å². The van der Waals surface area contributed by atoms with Gasteiger partial charge in [-0.1, -0.05) is 23.4 Å². The largest absolute Gasteiger partial charge is 0.324 e. The van der Waals surface area contributed by atoms with E-state index in [-0.39, 0.29) is 28.0 Å². The third-order valence-electron chi connectivity index (χ3n) is 3.90. The summed E-state index contributed by atoms with van der Waals surface area (Å²) in [6.45, 7) is 2.46. The molecule has 0 radical (unpaired) electrons. The van der Waals surface area contributed by atoms with Gasteiger partial charge in [0.1, 0.15) is 5.82 Å². The summed E-state index contributed by atoms with van der Waals surface area (Å²) in [5.41, 5.74) is 0.697. The Hall–Kier alpha value is -2.98. The Balaban J connectivity index is 1.70. The summed E-state index contributed by atoms with van der Waals surface area (Å²) in [5, 5.41) is 22.4. The van der Waals surface area contributed by atoms with Gasteiger partial charge in [0.15, 0.2) is 11.0 Å². The zero-order chi connectivity index (χ0) is 21.0. The summed E-state index contributed by atoms with van der Waals surface area (Å²) in [6.07, 6.45) is 0. The summed E-state index contributed by atoms with van der Waals surface area (Å²) in [5.74, 6) is -0.175. The number of carbonyl (C=O) groups excluding carboxylic acids is 1. The topological polar surface area (TPSA) is 103 Å². The SMILES string of the molecule is CCn1c(SCC(=O)Nc2cc([N+](=O)[O-])ccc2Cl)nnc1-c1ccc(F)cc1. The van der Waals surface area contributed by atoms with Crippen LogP contribution in [0.4, 0.5) is 15.8 Å². The number of anilines is 1. The minimum absolute atomic E-state index is 0.000567. The lowest BCUT2D eigenvalue weighted by molar-refractivity contribution is -0.384. The Morgan fingerprint density at radius 2 is 2.00 bits per heavy atom. The molecule has 0 saturated carbocycles. The predicted octanol–water partition coefficient (Wildman–Crippen LogP) is 4.40. The molecule has 0 unspecified atom stereocenters. The number of thioether (sulfide) groups is 1. The third kappa shape index (κ3) is 4.90. The highest BCUT2D eigenvalue weighted by Crippen LogP contribution is 2.28. The normalized spacial score (nSPS) is 10.7. The molecule has 1 heterocycles. The molecule has 0 atom stereocenters. The highest BCUT2D eigenvalue weighted by Gasteiger charge is 2.16. The van der Waals surface area contributed by atoms with Gasteiger partial charge in [0.2, 0.25) is 5.91 Å². The summed E-state index contributed by atoms with van der Waals surface area (Å²) >= 11 is 7.16. The van der Waals surface area contributed by atoms with Gasteiger partial charge in [0, 0.05) is 24.2 Å². The Morgan fingerprint density at radius 1 is 1.28 bits per heavy atom. The second-order valence-electron chi connectivity index (χ2n) is 5.82. The monoisotopic (exact) mass is 435 g/mol. The van der Waals surface area contributed by atoms with E-state index in [9.17, 15) is 19.3 Å². The lowest BCUT2D eigenvalue weighted by Gasteiger charge is -2.08. The number of halogens is 2. The van der Waals surface area contributed by atoms with Crippen LogP contribution in [0.2, 0.25) is 5.02 Å². The molecule has 0 fully saturated rings. The van der Waals surface area contributed by atoms with Crippen molar-refractivity contribution in [2.75, 3.05) is 11.1 Å². The maximum Gasteiger partial charge on any atom is 0.271 e. The van der Waals surface area contributed by atoms with Gasteiger partial charge in [0.25, 0.3) is 5.69 Å². The number of hydrogen-bond donors (Lipinski definition) is 1. The van der Waals surface area contributed by atoms with E-state index in [1.54, 1.807) is 12.1 Å². The summed E-state index contributed by atoms with van der Waals surface area (Å²) < 4.78 is 14.9. The van der Waals surface area contributed by atoms with Gasteiger partial charge in [0.05, 0.1) is 21.4 Å². The number of aromatic nitrogens is 3. The first-order valence-corrected chi connectivity index (χ1v) is 9.81. The molecule has 0 aliphatic rings. The van der Waals surface area contributed by atoms with Gasteiger partial charge < -0.3 is 9.88 Å². The predicted molar refractivity (Wildman–Crippen MR) is 109 cm³/mol. The average molecular weight is 436 g/mol. The number of nitro benzene ring substituents is 1. The molecule has 0 bridgehead atoms. The molecular weight excluding hydrogens is 421 g/mol. The first kappa shape index (κ1) is 20.7. The third-order valence-corrected chi connectivity index (χ3v) is 5.20. The van der Waals surface area contributed by atoms with Gasteiger partial charge in [-0.15, -0.1) is 10.2 Å². The number of benzene rings is 2. The number of nitrogens with zero attached hydrogens (tertiary/aromatic N) is 4. The van der Waals surface area contributed by atoms with Crippen molar-refractivity contribution in [1.29, 1.82) is 0 Å². The average Bonchev–Trinajstić information content (AvgIpc) is 3.11. The molecule has 0 spiro atoms. The number of hydrogen-bond acceptors (Lipinski definition) is 6. The summed E-state index contributed by atoms with van der Waals surface area (Å²) in [6, 6.07) is 9.71. The maximum atomic E-state index is 13.1. The number of rotatable bonds is 7. The molecule has 0 aliphatic heterocycles. The number of carbonyl (C=O) groups is 1. The van der Waals surface area contributed by atoms with Crippen LogP contribution in [0, 0.1) is 15.9 Å². The second-order valence-corrected chi connectivity index (χ2v) is 7.17. The van der Waals surface area contributed by atoms with Crippen molar-refractivity contribution >= 4 is 40.6 Å². The van der Waals surface area contributed by atoms with Crippen LogP contribution in [0.1, 0.15) is 6.92 Å². The molecule has 11 heteroatoms. The van der Waals surface area contributed by atoms with Crippen molar-refractivity contribution < 1.29 is 14.1 Å². The van der Waals surface area contributed by atoms with Crippen molar-refractivity contribution in [2.24, 2.45) is 0 Å². The molecule has 1 aromatic heterocycles. The van der Waals surface area contributed by atoms with E-state index in [2.05, 4.69) is 15.5 Å². The fourth-order valence-corrected chi connectivity index (χ4v) is 3.50. The molecule has 1 amide bonds. The van der Waals surface area contributed by atoms with Gasteiger partial charge >= 0.3 is 0 Å². The summed E-state index contributed by atoms with van der Waals surface area (Å²) in [7, 11) is 0. The quantitative estimate of drug-likeness (QED) is 0.335. The molecule has 0 saturated heterocycles. The van der Waals surface area contributed by atoms with E-state index in [4.69, 9.17) is 11.6 Å². The van der Waals surface area contributed by atoms with Crippen LogP contribution in [-0.2, 0) is 11.3 Å². The van der Waals surface area contributed by atoms with Crippen LogP contribution in [-0.4, -0.2) is 31.3 Å². The molecule has 3 aromatic rings. The van der Waals surface area contributed by atoms with E-state index < -0.39 is 10.8 Å². The molecule has 150 valence electrons. The van der Waals surface area contributed by atoms with Gasteiger partial charge in [-0.2, -0.15) is 0 Å². The molecule has 0 aliphatic carbocycles. The molecule has 8 nitrogen and oxygen atoms in total.